The van der Waals surface area contributed by atoms with Crippen LogP contribution in [0.5, 0.6) is 0 Å². The van der Waals surface area contributed by atoms with Gasteiger partial charge in [-0.15, -0.1) is 11.3 Å². The highest BCUT2D eigenvalue weighted by molar-refractivity contribution is 7.10. The minimum absolute atomic E-state index is 0.115. The molecule has 12 nitrogen and oxygen atoms in total. The third-order valence-electron chi connectivity index (χ3n) is 12.1. The van der Waals surface area contributed by atoms with E-state index >= 15 is 0 Å². The number of methoxy groups -OCH3 is 1. The van der Waals surface area contributed by atoms with Crippen LogP contribution in [0.15, 0.2) is 41.9 Å². The molecule has 0 spiro atoms. The molecule has 6 heterocycles. The summed E-state index contributed by atoms with van der Waals surface area (Å²) in [5.74, 6) is -0.00338. The lowest BCUT2D eigenvalue weighted by Gasteiger charge is -2.35. The molecule has 3 fully saturated rings. The summed E-state index contributed by atoms with van der Waals surface area (Å²) in [4.78, 5) is 51.2. The van der Waals surface area contributed by atoms with E-state index in [1.807, 2.05) is 24.6 Å². The summed E-state index contributed by atoms with van der Waals surface area (Å²) in [6.07, 6.45) is 3.60. The zero-order valence-electron chi connectivity index (χ0n) is 32.6. The molecule has 55 heavy (non-hydrogen) atoms. The Hall–Kier alpha value is -4.17. The summed E-state index contributed by atoms with van der Waals surface area (Å²) in [7, 11) is 1.71. The zero-order valence-corrected chi connectivity index (χ0v) is 33.4. The Labute approximate surface area is 326 Å². The van der Waals surface area contributed by atoms with Gasteiger partial charge < -0.3 is 24.1 Å². The van der Waals surface area contributed by atoms with Crippen molar-refractivity contribution in [3.63, 3.8) is 0 Å². The molecule has 1 aliphatic carbocycles. The molecule has 3 aromatic heterocycles. The molecule has 2 saturated heterocycles. The summed E-state index contributed by atoms with van der Waals surface area (Å²) in [5, 5.41) is 8.45. The fourth-order valence-corrected chi connectivity index (χ4v) is 9.33. The summed E-state index contributed by atoms with van der Waals surface area (Å²) in [5.41, 5.74) is 9.67. The quantitative estimate of drug-likeness (QED) is 0.226. The van der Waals surface area contributed by atoms with Crippen LogP contribution in [0.2, 0.25) is 0 Å². The minimum atomic E-state index is -0.837. The van der Waals surface area contributed by atoms with Gasteiger partial charge >= 0.3 is 5.97 Å². The number of nitrogens with zero attached hydrogens (tertiary/aromatic N) is 4. The smallest absolute Gasteiger partial charge is 0.324 e. The number of fused-ring (bicyclic) bond motifs is 6. The zero-order chi connectivity index (χ0) is 38.6. The van der Waals surface area contributed by atoms with E-state index in [9.17, 15) is 14.4 Å². The maximum atomic E-state index is 14.2. The summed E-state index contributed by atoms with van der Waals surface area (Å²) in [6.45, 7) is 13.2. The predicted molar refractivity (Wildman–Crippen MR) is 210 cm³/mol. The van der Waals surface area contributed by atoms with Gasteiger partial charge in [-0.2, -0.15) is 0 Å². The van der Waals surface area contributed by atoms with Crippen LogP contribution in [0.1, 0.15) is 69.8 Å². The van der Waals surface area contributed by atoms with E-state index in [1.54, 1.807) is 7.11 Å². The number of hydrogen-bond acceptors (Lipinski definition) is 10. The highest BCUT2D eigenvalue weighted by atomic mass is 32.1. The van der Waals surface area contributed by atoms with Crippen LogP contribution in [-0.4, -0.2) is 82.9 Å². The molecule has 3 aliphatic heterocycles. The Bertz CT molecular complexity index is 2100. The first-order valence-corrected chi connectivity index (χ1v) is 20.5. The second-order valence-corrected chi connectivity index (χ2v) is 17.7. The van der Waals surface area contributed by atoms with Gasteiger partial charge in [-0.1, -0.05) is 33.8 Å². The van der Waals surface area contributed by atoms with Gasteiger partial charge in [-0.05, 0) is 67.9 Å². The van der Waals surface area contributed by atoms with Crippen LogP contribution in [0.3, 0.4) is 0 Å². The molecule has 2 amide bonds. The molecule has 8 rings (SSSR count). The number of carbonyl (C=O) groups excluding carboxylic acids is 3. The van der Waals surface area contributed by atoms with E-state index in [0.29, 0.717) is 44.9 Å². The van der Waals surface area contributed by atoms with Crippen LogP contribution < -0.4 is 10.7 Å². The van der Waals surface area contributed by atoms with E-state index in [0.717, 1.165) is 56.2 Å². The van der Waals surface area contributed by atoms with Crippen molar-refractivity contribution in [1.29, 1.82) is 0 Å². The largest absolute Gasteiger partial charge is 0.464 e. The number of amides is 2. The molecule has 6 atom stereocenters. The molecule has 6 bridgehead atoms. The van der Waals surface area contributed by atoms with Crippen molar-refractivity contribution in [2.24, 2.45) is 29.1 Å². The Morgan fingerprint density at radius 3 is 2.71 bits per heavy atom. The number of pyridine rings is 1. The highest BCUT2D eigenvalue weighted by Gasteiger charge is 2.49. The number of benzene rings is 1. The van der Waals surface area contributed by atoms with Crippen molar-refractivity contribution >= 4 is 40.0 Å². The van der Waals surface area contributed by atoms with E-state index in [-0.39, 0.29) is 48.7 Å². The van der Waals surface area contributed by atoms with Crippen LogP contribution >= 0.6 is 11.3 Å². The number of cyclic esters (lactones) is 1. The lowest BCUT2D eigenvalue weighted by molar-refractivity contribution is -0.155. The van der Waals surface area contributed by atoms with Crippen molar-refractivity contribution in [3.05, 3.63) is 58.2 Å². The molecular formula is C42H52N6O6S. The molecule has 13 heteroatoms. The first-order chi connectivity index (χ1) is 26.4. The molecule has 0 unspecified atom stereocenters. The van der Waals surface area contributed by atoms with E-state index in [2.05, 4.69) is 67.3 Å². The van der Waals surface area contributed by atoms with Gasteiger partial charge in [0.05, 0.1) is 48.0 Å². The molecule has 0 radical (unpaired) electrons. The Balaban J connectivity index is 1.26. The number of aromatic nitrogens is 3. The van der Waals surface area contributed by atoms with Crippen molar-refractivity contribution in [2.75, 3.05) is 33.5 Å². The fraction of sp³-hybridized carbons (Fsp3) is 0.548. The molecular weight excluding hydrogens is 717 g/mol. The predicted octanol–water partition coefficient (Wildman–Crippen LogP) is 5.73. The number of hydrazine groups is 1. The summed E-state index contributed by atoms with van der Waals surface area (Å²) < 4.78 is 20.0. The van der Waals surface area contributed by atoms with Gasteiger partial charge in [0, 0.05) is 77.5 Å². The van der Waals surface area contributed by atoms with Gasteiger partial charge in [0.15, 0.2) is 0 Å². The molecule has 292 valence electrons. The Morgan fingerprint density at radius 1 is 1.18 bits per heavy atom. The lowest BCUT2D eigenvalue weighted by atomic mass is 9.84. The van der Waals surface area contributed by atoms with Crippen LogP contribution in [0.4, 0.5) is 0 Å². The first kappa shape index (κ1) is 37.7. The average Bonchev–Trinajstić information content (AvgIpc) is 3.44. The van der Waals surface area contributed by atoms with E-state index < -0.39 is 23.5 Å². The number of esters is 1. The van der Waals surface area contributed by atoms with Gasteiger partial charge in [-0.3, -0.25) is 24.4 Å². The first-order valence-electron chi connectivity index (χ1n) is 19.6. The Kier molecular flexibility index (Phi) is 10.3. The highest BCUT2D eigenvalue weighted by Crippen LogP contribution is 2.46. The van der Waals surface area contributed by atoms with Crippen LogP contribution in [0, 0.1) is 29.1 Å². The number of nitrogens with one attached hydrogen (secondary N) is 2. The molecule has 4 aromatic rings. The monoisotopic (exact) mass is 768 g/mol. The average molecular weight is 769 g/mol. The van der Waals surface area contributed by atoms with E-state index in [4.69, 9.17) is 24.2 Å². The standard InChI is InChI=1S/C42H52N6O6S/c1-23-24(2)36(23)39(49)45-32-16-35-44-33(21-55-35)27-11-12-34-29(15-27)30(17-42(4,5)22-54-41(51)31-10-8-14-48(46-31)40(32)50)38(47(34)18-26-19-53-20-26)28-9-7-13-43-37(28)25(3)52-6/h7,9,11-13,15,21,23-26,31-32,36,46H,8,10,14,16-20,22H2,1-6H3,(H,45,49)/t23-,24+,25-,31-,32-,36+/m0/s1. The second-order valence-electron chi connectivity index (χ2n) is 16.8. The van der Waals surface area contributed by atoms with Crippen molar-refractivity contribution in [3.8, 4) is 22.5 Å². The van der Waals surface area contributed by atoms with Crippen LogP contribution in [-0.2, 0) is 48.0 Å². The summed E-state index contributed by atoms with van der Waals surface area (Å²) in [6, 6.07) is 9.11. The maximum absolute atomic E-state index is 14.2. The topological polar surface area (TPSA) is 137 Å². The normalized spacial score (nSPS) is 26.2. The van der Waals surface area contributed by atoms with Gasteiger partial charge in [-0.25, -0.2) is 10.4 Å². The number of ether oxygens (including phenoxy) is 3. The van der Waals surface area contributed by atoms with E-state index in [1.165, 1.54) is 16.3 Å². The van der Waals surface area contributed by atoms with Crippen molar-refractivity contribution in [1.82, 2.24) is 30.3 Å². The van der Waals surface area contributed by atoms with Gasteiger partial charge in [0.1, 0.15) is 12.1 Å². The fourth-order valence-electron chi connectivity index (χ4n) is 8.48. The van der Waals surface area contributed by atoms with Gasteiger partial charge in [0.25, 0.3) is 5.91 Å². The molecule has 1 saturated carbocycles. The Morgan fingerprint density at radius 2 is 1.98 bits per heavy atom. The second kappa shape index (κ2) is 15.1. The SMILES string of the molecule is CO[C@@H](C)c1ncccc1-c1c2c3cc(ccc3n1CC1COC1)-c1csc(n1)C[C@H](NC(=O)[C@H]1[C@H](C)[C@@H]1C)C(=O)N1CCC[C@H](N1)C(=O)OCC(C)(C)C2. The third-order valence-corrected chi connectivity index (χ3v) is 13.0. The summed E-state index contributed by atoms with van der Waals surface area (Å²) >= 11 is 1.49. The van der Waals surface area contributed by atoms with Crippen molar-refractivity contribution < 1.29 is 28.6 Å². The van der Waals surface area contributed by atoms with Crippen molar-refractivity contribution in [2.45, 2.75) is 85.0 Å². The van der Waals surface area contributed by atoms with Crippen LogP contribution in [0.25, 0.3) is 33.4 Å². The number of thiazole rings is 1. The van der Waals surface area contributed by atoms with Gasteiger partial charge in [0.2, 0.25) is 5.91 Å². The number of carbonyl (C=O) groups is 3. The number of hydrogen-bond donors (Lipinski definition) is 2. The minimum Gasteiger partial charge on any atom is -0.464 e. The molecule has 1 aromatic carbocycles. The maximum Gasteiger partial charge on any atom is 0.324 e. The molecule has 4 aliphatic rings. The lowest BCUT2D eigenvalue weighted by Crippen LogP contribution is -2.60. The number of rotatable bonds is 7. The molecule has 2 N–H and O–H groups in total. The third kappa shape index (κ3) is 7.43.